The zero-order chi connectivity index (χ0) is 18.7. The number of anilines is 1. The van der Waals surface area contributed by atoms with E-state index < -0.39 is 0 Å². The van der Waals surface area contributed by atoms with E-state index in [0.29, 0.717) is 11.4 Å². The Kier molecular flexibility index (Phi) is 5.32. The van der Waals surface area contributed by atoms with Crippen LogP contribution < -0.4 is 5.32 Å². The van der Waals surface area contributed by atoms with Crippen molar-refractivity contribution in [1.82, 2.24) is 9.78 Å². The molecule has 0 bridgehead atoms. The van der Waals surface area contributed by atoms with Crippen molar-refractivity contribution in [2.75, 3.05) is 5.32 Å². The maximum atomic E-state index is 13.7. The lowest BCUT2D eigenvalue weighted by molar-refractivity contribution is -0.111. The zero-order valence-electron chi connectivity index (χ0n) is 14.3. The van der Waals surface area contributed by atoms with Crippen LogP contribution >= 0.6 is 15.9 Å². The third-order valence-electron chi connectivity index (χ3n) is 3.92. The molecule has 26 heavy (non-hydrogen) atoms. The number of carbonyl (C=O) groups is 1. The average molecular weight is 414 g/mol. The van der Waals surface area contributed by atoms with Gasteiger partial charge in [0.05, 0.1) is 5.69 Å². The van der Waals surface area contributed by atoms with Crippen LogP contribution in [-0.4, -0.2) is 15.7 Å². The maximum absolute atomic E-state index is 13.7. The highest BCUT2D eigenvalue weighted by molar-refractivity contribution is 9.10. The molecule has 0 spiro atoms. The van der Waals surface area contributed by atoms with E-state index in [4.69, 9.17) is 0 Å². The molecule has 1 heterocycles. The number of amides is 1. The summed E-state index contributed by atoms with van der Waals surface area (Å²) in [6.07, 6.45) is 2.76. The van der Waals surface area contributed by atoms with Crippen LogP contribution in [-0.2, 0) is 11.8 Å². The van der Waals surface area contributed by atoms with Crippen LogP contribution in [0.3, 0.4) is 0 Å². The quantitative estimate of drug-likeness (QED) is 0.615. The van der Waals surface area contributed by atoms with Crippen molar-refractivity contribution >= 4 is 33.7 Å². The Morgan fingerprint density at radius 2 is 1.88 bits per heavy atom. The van der Waals surface area contributed by atoms with E-state index in [2.05, 4.69) is 26.3 Å². The molecular formula is C20H17BrFN3O. The summed E-state index contributed by atoms with van der Waals surface area (Å²) in [6, 6.07) is 14.1. The summed E-state index contributed by atoms with van der Waals surface area (Å²) in [5.41, 5.74) is 2.97. The summed E-state index contributed by atoms with van der Waals surface area (Å²) < 4.78 is 16.3. The molecule has 4 nitrogen and oxygen atoms in total. The van der Waals surface area contributed by atoms with Gasteiger partial charge in [-0.25, -0.2) is 4.39 Å². The Bertz CT molecular complexity index is 977. The monoisotopic (exact) mass is 413 g/mol. The van der Waals surface area contributed by atoms with Gasteiger partial charge in [-0.15, -0.1) is 0 Å². The smallest absolute Gasteiger partial charge is 0.249 e. The number of carbonyl (C=O) groups excluding carboxylic acids is 1. The number of rotatable bonds is 4. The summed E-state index contributed by atoms with van der Waals surface area (Å²) in [6.45, 7) is 1.89. The molecule has 0 fully saturated rings. The highest BCUT2D eigenvalue weighted by Gasteiger charge is 2.16. The van der Waals surface area contributed by atoms with E-state index in [0.717, 1.165) is 21.3 Å². The van der Waals surface area contributed by atoms with Crippen LogP contribution in [0.15, 0.2) is 59.1 Å². The molecule has 0 atom stereocenters. The molecule has 0 radical (unpaired) electrons. The van der Waals surface area contributed by atoms with Gasteiger partial charge in [-0.3, -0.25) is 9.48 Å². The van der Waals surface area contributed by atoms with Gasteiger partial charge in [-0.2, -0.15) is 5.10 Å². The van der Waals surface area contributed by atoms with Gasteiger partial charge >= 0.3 is 0 Å². The van der Waals surface area contributed by atoms with Crippen molar-refractivity contribution in [3.8, 4) is 11.1 Å². The first-order valence-electron chi connectivity index (χ1n) is 7.99. The van der Waals surface area contributed by atoms with Gasteiger partial charge in [-0.1, -0.05) is 46.3 Å². The highest BCUT2D eigenvalue weighted by atomic mass is 79.9. The van der Waals surface area contributed by atoms with Crippen molar-refractivity contribution in [2.24, 2.45) is 7.05 Å². The molecule has 1 N–H and O–H groups in total. The Balaban J connectivity index is 1.87. The van der Waals surface area contributed by atoms with E-state index in [-0.39, 0.29) is 11.7 Å². The molecule has 132 valence electrons. The van der Waals surface area contributed by atoms with Crippen LogP contribution in [0.5, 0.6) is 0 Å². The predicted molar refractivity (Wildman–Crippen MR) is 105 cm³/mol. The fourth-order valence-electron chi connectivity index (χ4n) is 2.70. The number of aromatic nitrogens is 2. The van der Waals surface area contributed by atoms with Gasteiger partial charge in [0.25, 0.3) is 0 Å². The van der Waals surface area contributed by atoms with Gasteiger partial charge in [0.2, 0.25) is 5.91 Å². The van der Waals surface area contributed by atoms with Crippen LogP contribution in [0.1, 0.15) is 11.3 Å². The molecule has 1 aromatic heterocycles. The second kappa shape index (κ2) is 7.66. The first-order chi connectivity index (χ1) is 12.5. The third kappa shape index (κ3) is 3.91. The van der Waals surface area contributed by atoms with Gasteiger partial charge in [0, 0.05) is 28.7 Å². The lowest BCUT2D eigenvalue weighted by Crippen LogP contribution is -2.12. The minimum atomic E-state index is -0.372. The van der Waals surface area contributed by atoms with Crippen molar-refractivity contribution < 1.29 is 9.18 Å². The Morgan fingerprint density at radius 3 is 2.58 bits per heavy atom. The summed E-state index contributed by atoms with van der Waals surface area (Å²) in [7, 11) is 1.77. The molecule has 3 rings (SSSR count). The van der Waals surface area contributed by atoms with Crippen LogP contribution in [0, 0.1) is 12.7 Å². The van der Waals surface area contributed by atoms with Gasteiger partial charge < -0.3 is 5.32 Å². The lowest BCUT2D eigenvalue weighted by Gasteiger charge is -2.08. The molecule has 0 aliphatic rings. The molecular weight excluding hydrogens is 397 g/mol. The molecule has 3 aromatic rings. The molecule has 0 aliphatic heterocycles. The van der Waals surface area contributed by atoms with Crippen molar-refractivity contribution in [2.45, 2.75) is 6.92 Å². The number of nitrogens with zero attached hydrogens (tertiary/aromatic N) is 2. The SMILES string of the molecule is Cc1nn(C)c(NC(=O)/C=C/c2ccccc2F)c1-c1ccc(Br)cc1. The summed E-state index contributed by atoms with van der Waals surface area (Å²) in [5.74, 6) is -0.133. The molecule has 0 saturated heterocycles. The van der Waals surface area contributed by atoms with Crippen molar-refractivity contribution in [3.63, 3.8) is 0 Å². The maximum Gasteiger partial charge on any atom is 0.249 e. The molecule has 0 unspecified atom stereocenters. The summed E-state index contributed by atoms with van der Waals surface area (Å²) in [5, 5.41) is 7.24. The zero-order valence-corrected chi connectivity index (χ0v) is 15.9. The first kappa shape index (κ1) is 18.1. The second-order valence-corrected chi connectivity index (χ2v) is 6.70. The summed E-state index contributed by atoms with van der Waals surface area (Å²) in [4.78, 5) is 12.3. The fourth-order valence-corrected chi connectivity index (χ4v) is 2.96. The molecule has 0 saturated carbocycles. The first-order valence-corrected chi connectivity index (χ1v) is 8.78. The largest absolute Gasteiger partial charge is 0.307 e. The number of aryl methyl sites for hydroxylation is 2. The average Bonchev–Trinajstić information content (AvgIpc) is 2.88. The molecule has 6 heteroatoms. The van der Waals surface area contributed by atoms with Gasteiger partial charge in [-0.05, 0) is 36.8 Å². The molecule has 2 aromatic carbocycles. The van der Waals surface area contributed by atoms with Crippen LogP contribution in [0.2, 0.25) is 0 Å². The summed E-state index contributed by atoms with van der Waals surface area (Å²) >= 11 is 3.42. The van der Waals surface area contributed by atoms with Crippen molar-refractivity contribution in [1.29, 1.82) is 0 Å². The van der Waals surface area contributed by atoms with Gasteiger partial charge in [0.15, 0.2) is 0 Å². The predicted octanol–water partition coefficient (Wildman–Crippen LogP) is 4.95. The van der Waals surface area contributed by atoms with Crippen molar-refractivity contribution in [3.05, 3.63) is 76.2 Å². The fraction of sp³-hybridized carbons (Fsp3) is 0.100. The van der Waals surface area contributed by atoms with Crippen LogP contribution in [0.25, 0.3) is 17.2 Å². The standard InChI is InChI=1S/C20H17BrFN3O/c1-13-19(15-7-10-16(21)11-8-15)20(25(2)24-13)23-18(26)12-9-14-5-3-4-6-17(14)22/h3-12H,1-2H3,(H,23,26)/b12-9+. The van der Waals surface area contributed by atoms with E-state index in [1.54, 1.807) is 29.9 Å². The minimum absolute atomic E-state index is 0.352. The van der Waals surface area contributed by atoms with Crippen LogP contribution in [0.4, 0.5) is 10.2 Å². The number of benzene rings is 2. The Labute approximate surface area is 159 Å². The van der Waals surface area contributed by atoms with E-state index >= 15 is 0 Å². The van der Waals surface area contributed by atoms with E-state index in [1.165, 1.54) is 18.2 Å². The Morgan fingerprint density at radius 1 is 1.19 bits per heavy atom. The van der Waals surface area contributed by atoms with E-state index in [9.17, 15) is 9.18 Å². The Hall–Kier alpha value is -2.73. The molecule has 1 amide bonds. The second-order valence-electron chi connectivity index (χ2n) is 5.78. The topological polar surface area (TPSA) is 46.9 Å². The normalized spacial score (nSPS) is 11.1. The third-order valence-corrected chi connectivity index (χ3v) is 4.44. The lowest BCUT2D eigenvalue weighted by atomic mass is 10.1. The highest BCUT2D eigenvalue weighted by Crippen LogP contribution is 2.31. The number of nitrogens with one attached hydrogen (secondary N) is 1. The molecule has 0 aliphatic carbocycles. The van der Waals surface area contributed by atoms with Gasteiger partial charge in [0.1, 0.15) is 11.6 Å². The minimum Gasteiger partial charge on any atom is -0.307 e. The number of hydrogen-bond donors (Lipinski definition) is 1. The number of hydrogen-bond acceptors (Lipinski definition) is 2. The number of halogens is 2. The van der Waals surface area contributed by atoms with E-state index in [1.807, 2.05) is 31.2 Å².